The van der Waals surface area contributed by atoms with Crippen molar-refractivity contribution in [3.8, 4) is 0 Å². The highest BCUT2D eigenvalue weighted by Gasteiger charge is 2.18. The Labute approximate surface area is 122 Å². The number of carbonyl (C=O) groups excluding carboxylic acids is 1. The van der Waals surface area contributed by atoms with E-state index >= 15 is 0 Å². The van der Waals surface area contributed by atoms with Crippen LogP contribution in [0.15, 0.2) is 5.16 Å². The quantitative estimate of drug-likeness (QED) is 0.698. The maximum atomic E-state index is 12.1. The molecular formula is C12H20N4O3S. The molecule has 20 heavy (non-hydrogen) atoms. The smallest absolute Gasteiger partial charge is 0.233 e. The molecule has 0 aromatic carbocycles. The first-order chi connectivity index (χ1) is 9.72. The Bertz CT molecular complexity index is 446. The van der Waals surface area contributed by atoms with E-state index in [1.165, 1.54) is 11.8 Å². The van der Waals surface area contributed by atoms with E-state index in [-0.39, 0.29) is 5.91 Å². The van der Waals surface area contributed by atoms with Gasteiger partial charge in [0, 0.05) is 26.7 Å². The van der Waals surface area contributed by atoms with Crippen LogP contribution in [0.5, 0.6) is 0 Å². The number of ether oxygens (including phenoxy) is 2. The Hall–Kier alpha value is -1.12. The van der Waals surface area contributed by atoms with Crippen LogP contribution in [0.4, 0.5) is 0 Å². The molecule has 1 fully saturated rings. The van der Waals surface area contributed by atoms with Crippen molar-refractivity contribution < 1.29 is 14.3 Å². The van der Waals surface area contributed by atoms with Crippen LogP contribution in [0.1, 0.15) is 5.82 Å². The van der Waals surface area contributed by atoms with Crippen LogP contribution in [-0.2, 0) is 20.8 Å². The Kier molecular flexibility index (Phi) is 5.81. The molecule has 1 amide bonds. The van der Waals surface area contributed by atoms with Gasteiger partial charge >= 0.3 is 0 Å². The van der Waals surface area contributed by atoms with Crippen LogP contribution in [0.3, 0.4) is 0 Å². The first kappa shape index (κ1) is 15.3. The summed E-state index contributed by atoms with van der Waals surface area (Å²) in [5.74, 6) is 1.34. The minimum Gasteiger partial charge on any atom is -0.383 e. The molecule has 112 valence electrons. The van der Waals surface area contributed by atoms with Gasteiger partial charge in [-0.05, 0) is 6.92 Å². The van der Waals surface area contributed by atoms with Gasteiger partial charge in [0.05, 0.1) is 25.6 Å². The van der Waals surface area contributed by atoms with Crippen molar-refractivity contribution in [3.05, 3.63) is 5.82 Å². The number of rotatable bonds is 6. The van der Waals surface area contributed by atoms with Crippen LogP contribution in [0, 0.1) is 6.92 Å². The molecule has 0 N–H and O–H groups in total. The lowest BCUT2D eigenvalue weighted by Gasteiger charge is -2.26. The number of carbonyl (C=O) groups is 1. The molecule has 7 nitrogen and oxygen atoms in total. The van der Waals surface area contributed by atoms with Crippen molar-refractivity contribution in [2.24, 2.45) is 0 Å². The number of hydrogen-bond acceptors (Lipinski definition) is 6. The van der Waals surface area contributed by atoms with Crippen LogP contribution in [0.25, 0.3) is 0 Å². The molecule has 0 spiro atoms. The summed E-state index contributed by atoms with van der Waals surface area (Å²) in [6.45, 7) is 5.80. The third kappa shape index (κ3) is 3.94. The number of amides is 1. The number of aryl methyl sites for hydroxylation is 1. The number of morpholine rings is 1. The zero-order valence-corrected chi connectivity index (χ0v) is 12.7. The zero-order valence-electron chi connectivity index (χ0n) is 11.9. The topological polar surface area (TPSA) is 69.5 Å². The zero-order chi connectivity index (χ0) is 14.4. The second-order valence-corrected chi connectivity index (χ2v) is 5.40. The van der Waals surface area contributed by atoms with Gasteiger partial charge in [-0.1, -0.05) is 11.8 Å². The molecule has 1 saturated heterocycles. The lowest BCUT2D eigenvalue weighted by Crippen LogP contribution is -2.41. The summed E-state index contributed by atoms with van der Waals surface area (Å²) in [6.07, 6.45) is 0. The van der Waals surface area contributed by atoms with Crippen molar-refractivity contribution in [1.29, 1.82) is 0 Å². The molecule has 8 heteroatoms. The standard InChI is InChI=1S/C12H20N4O3S/c1-10-13-14-12(16(10)5-6-18-2)20-9-11(17)15-3-7-19-8-4-15/h3-9H2,1-2H3. The highest BCUT2D eigenvalue weighted by molar-refractivity contribution is 7.99. The predicted molar refractivity (Wildman–Crippen MR) is 74.8 cm³/mol. The fourth-order valence-corrected chi connectivity index (χ4v) is 2.85. The Balaban J connectivity index is 1.88. The van der Waals surface area contributed by atoms with E-state index in [2.05, 4.69) is 10.2 Å². The molecule has 2 heterocycles. The summed E-state index contributed by atoms with van der Waals surface area (Å²) in [6, 6.07) is 0. The van der Waals surface area contributed by atoms with Gasteiger partial charge in [0.1, 0.15) is 5.82 Å². The van der Waals surface area contributed by atoms with Crippen molar-refractivity contribution in [3.63, 3.8) is 0 Å². The molecule has 0 bridgehead atoms. The molecule has 1 aliphatic heterocycles. The van der Waals surface area contributed by atoms with E-state index in [1.54, 1.807) is 7.11 Å². The first-order valence-electron chi connectivity index (χ1n) is 6.59. The molecule has 0 unspecified atom stereocenters. The Morgan fingerprint density at radius 2 is 2.15 bits per heavy atom. The van der Waals surface area contributed by atoms with Crippen LogP contribution in [0.2, 0.25) is 0 Å². The summed E-state index contributed by atoms with van der Waals surface area (Å²) in [5, 5.41) is 8.93. The van der Waals surface area contributed by atoms with Gasteiger partial charge in [0.15, 0.2) is 5.16 Å². The van der Waals surface area contributed by atoms with E-state index in [9.17, 15) is 4.79 Å². The number of hydrogen-bond donors (Lipinski definition) is 0. The average Bonchev–Trinajstić information content (AvgIpc) is 2.84. The van der Waals surface area contributed by atoms with Crippen LogP contribution < -0.4 is 0 Å². The molecule has 1 aromatic heterocycles. The van der Waals surface area contributed by atoms with E-state index in [0.717, 1.165) is 11.0 Å². The fraction of sp³-hybridized carbons (Fsp3) is 0.750. The summed E-state index contributed by atoms with van der Waals surface area (Å²) in [7, 11) is 1.66. The van der Waals surface area contributed by atoms with Crippen molar-refractivity contribution in [2.75, 3.05) is 45.8 Å². The first-order valence-corrected chi connectivity index (χ1v) is 7.58. The molecular weight excluding hydrogens is 280 g/mol. The lowest BCUT2D eigenvalue weighted by molar-refractivity contribution is -0.132. The second kappa shape index (κ2) is 7.61. The highest BCUT2D eigenvalue weighted by Crippen LogP contribution is 2.17. The summed E-state index contributed by atoms with van der Waals surface area (Å²) >= 11 is 1.42. The van der Waals surface area contributed by atoms with Crippen LogP contribution in [-0.4, -0.2) is 71.3 Å². The average molecular weight is 300 g/mol. The third-order valence-electron chi connectivity index (χ3n) is 3.11. The SMILES string of the molecule is COCCn1c(C)nnc1SCC(=O)N1CCOCC1. The second-order valence-electron chi connectivity index (χ2n) is 4.46. The number of thioether (sulfide) groups is 1. The van der Waals surface area contributed by atoms with Gasteiger partial charge in [0.2, 0.25) is 5.91 Å². The third-order valence-corrected chi connectivity index (χ3v) is 4.06. The maximum absolute atomic E-state index is 12.1. The minimum absolute atomic E-state index is 0.122. The Morgan fingerprint density at radius 3 is 2.85 bits per heavy atom. The van der Waals surface area contributed by atoms with Gasteiger partial charge in [-0.15, -0.1) is 10.2 Å². The number of aromatic nitrogens is 3. The molecule has 0 atom stereocenters. The molecule has 0 saturated carbocycles. The normalized spacial score (nSPS) is 15.6. The summed E-state index contributed by atoms with van der Waals surface area (Å²) in [5.41, 5.74) is 0. The molecule has 2 rings (SSSR count). The maximum Gasteiger partial charge on any atom is 0.233 e. The van der Waals surface area contributed by atoms with Gasteiger partial charge in [-0.2, -0.15) is 0 Å². The van der Waals surface area contributed by atoms with Gasteiger partial charge in [-0.3, -0.25) is 4.79 Å². The van der Waals surface area contributed by atoms with Crippen molar-refractivity contribution >= 4 is 17.7 Å². The monoisotopic (exact) mass is 300 g/mol. The molecule has 1 aromatic rings. The Morgan fingerprint density at radius 1 is 1.40 bits per heavy atom. The van der Waals surface area contributed by atoms with E-state index in [1.807, 2.05) is 16.4 Å². The van der Waals surface area contributed by atoms with Gasteiger partial charge in [-0.25, -0.2) is 0 Å². The van der Waals surface area contributed by atoms with Gasteiger partial charge in [0.25, 0.3) is 0 Å². The largest absolute Gasteiger partial charge is 0.383 e. The van der Waals surface area contributed by atoms with Crippen LogP contribution >= 0.6 is 11.8 Å². The van der Waals surface area contributed by atoms with Gasteiger partial charge < -0.3 is 18.9 Å². The number of nitrogens with zero attached hydrogens (tertiary/aromatic N) is 4. The van der Waals surface area contributed by atoms with E-state index < -0.39 is 0 Å². The van der Waals surface area contributed by atoms with Crippen molar-refractivity contribution in [1.82, 2.24) is 19.7 Å². The molecule has 0 aliphatic carbocycles. The lowest BCUT2D eigenvalue weighted by atomic mass is 10.4. The number of methoxy groups -OCH3 is 1. The van der Waals surface area contributed by atoms with E-state index in [0.29, 0.717) is 45.2 Å². The minimum atomic E-state index is 0.122. The summed E-state index contributed by atoms with van der Waals surface area (Å²) in [4.78, 5) is 13.9. The van der Waals surface area contributed by atoms with E-state index in [4.69, 9.17) is 9.47 Å². The fourth-order valence-electron chi connectivity index (χ4n) is 1.94. The molecule has 0 radical (unpaired) electrons. The van der Waals surface area contributed by atoms with Crippen molar-refractivity contribution in [2.45, 2.75) is 18.6 Å². The molecule has 1 aliphatic rings. The highest BCUT2D eigenvalue weighted by atomic mass is 32.2. The predicted octanol–water partition coefficient (Wildman–Crippen LogP) is 0.184. The summed E-state index contributed by atoms with van der Waals surface area (Å²) < 4.78 is 12.3.